The van der Waals surface area contributed by atoms with Crippen molar-refractivity contribution in [3.05, 3.63) is 29.8 Å². The van der Waals surface area contributed by atoms with Crippen LogP contribution in [0.25, 0.3) is 0 Å². The van der Waals surface area contributed by atoms with Gasteiger partial charge in [0.1, 0.15) is 11.4 Å². The van der Waals surface area contributed by atoms with Gasteiger partial charge >= 0.3 is 0 Å². The third-order valence-corrected chi connectivity index (χ3v) is 3.12. The van der Waals surface area contributed by atoms with Crippen LogP contribution in [-0.2, 0) is 6.42 Å². The number of hydrogen-bond donors (Lipinski definition) is 1. The van der Waals surface area contributed by atoms with E-state index in [4.69, 9.17) is 4.74 Å². The summed E-state index contributed by atoms with van der Waals surface area (Å²) in [5, 5.41) is 3.19. The maximum atomic E-state index is 6.06. The lowest BCUT2D eigenvalue weighted by molar-refractivity contribution is 0.0858. The zero-order chi connectivity index (χ0) is 12.7. The molecule has 0 radical (unpaired) electrons. The van der Waals surface area contributed by atoms with Crippen molar-refractivity contribution in [2.45, 2.75) is 45.6 Å². The lowest BCUT2D eigenvalue weighted by atomic mass is 10.0. The van der Waals surface area contributed by atoms with Crippen LogP contribution in [0.5, 0.6) is 5.75 Å². The fourth-order valence-electron chi connectivity index (χ4n) is 1.90. The van der Waals surface area contributed by atoms with Gasteiger partial charge in [0.15, 0.2) is 0 Å². The van der Waals surface area contributed by atoms with Crippen LogP contribution in [0.3, 0.4) is 0 Å². The predicted octanol–water partition coefficient (Wildman–Crippen LogP) is 3.41. The van der Waals surface area contributed by atoms with Gasteiger partial charge in [-0.1, -0.05) is 32.4 Å². The Bertz CT molecular complexity index is 320. The van der Waals surface area contributed by atoms with E-state index < -0.39 is 0 Å². The molecule has 1 aromatic carbocycles. The summed E-state index contributed by atoms with van der Waals surface area (Å²) in [6, 6.07) is 8.48. The maximum absolute atomic E-state index is 6.06. The first-order valence-electron chi connectivity index (χ1n) is 6.56. The van der Waals surface area contributed by atoms with Crippen LogP contribution in [0.1, 0.15) is 39.2 Å². The van der Waals surface area contributed by atoms with Crippen molar-refractivity contribution in [1.82, 2.24) is 5.32 Å². The molecule has 1 N–H and O–H groups in total. The number of benzene rings is 1. The standard InChI is InChI=1S/C15H25NO/c1-5-7-13-8-10-14(11-9-13)17-15(3,6-2)12-16-4/h8-11,16H,5-7,12H2,1-4H3. The first-order chi connectivity index (χ1) is 8.13. The summed E-state index contributed by atoms with van der Waals surface area (Å²) in [7, 11) is 1.96. The van der Waals surface area contributed by atoms with Gasteiger partial charge in [-0.3, -0.25) is 0 Å². The Labute approximate surface area is 105 Å². The zero-order valence-corrected chi connectivity index (χ0v) is 11.5. The van der Waals surface area contributed by atoms with Crippen molar-refractivity contribution in [1.29, 1.82) is 0 Å². The second kappa shape index (κ2) is 6.65. The van der Waals surface area contributed by atoms with E-state index in [9.17, 15) is 0 Å². The second-order valence-electron chi connectivity index (χ2n) is 4.83. The van der Waals surface area contributed by atoms with Crippen molar-refractivity contribution in [3.8, 4) is 5.75 Å². The molecule has 1 unspecified atom stereocenters. The van der Waals surface area contributed by atoms with Gasteiger partial charge in [-0.05, 0) is 44.5 Å². The lowest BCUT2D eigenvalue weighted by Crippen LogP contribution is -2.41. The van der Waals surface area contributed by atoms with Crippen molar-refractivity contribution in [2.75, 3.05) is 13.6 Å². The quantitative estimate of drug-likeness (QED) is 0.782. The Kier molecular flexibility index (Phi) is 5.49. The van der Waals surface area contributed by atoms with E-state index in [2.05, 4.69) is 50.4 Å². The first-order valence-corrected chi connectivity index (χ1v) is 6.56. The number of nitrogens with one attached hydrogen (secondary N) is 1. The zero-order valence-electron chi connectivity index (χ0n) is 11.5. The SMILES string of the molecule is CCCc1ccc(OC(C)(CC)CNC)cc1. The fraction of sp³-hybridized carbons (Fsp3) is 0.600. The molecule has 96 valence electrons. The lowest BCUT2D eigenvalue weighted by Gasteiger charge is -2.29. The summed E-state index contributed by atoms with van der Waals surface area (Å²) in [6.45, 7) is 7.36. The number of aryl methyl sites for hydroxylation is 1. The molecule has 0 fully saturated rings. The molecule has 17 heavy (non-hydrogen) atoms. The topological polar surface area (TPSA) is 21.3 Å². The second-order valence-corrected chi connectivity index (χ2v) is 4.83. The average molecular weight is 235 g/mol. The highest BCUT2D eigenvalue weighted by Crippen LogP contribution is 2.21. The number of hydrogen-bond acceptors (Lipinski definition) is 2. The number of ether oxygens (including phenoxy) is 1. The van der Waals surface area contributed by atoms with Crippen LogP contribution >= 0.6 is 0 Å². The molecule has 0 saturated heterocycles. The molecule has 1 atom stereocenters. The van der Waals surface area contributed by atoms with E-state index >= 15 is 0 Å². The summed E-state index contributed by atoms with van der Waals surface area (Å²) in [5.41, 5.74) is 1.26. The number of likely N-dealkylation sites (N-methyl/N-ethyl adjacent to an activating group) is 1. The van der Waals surface area contributed by atoms with Gasteiger partial charge in [0.25, 0.3) is 0 Å². The Hall–Kier alpha value is -1.02. The fourth-order valence-corrected chi connectivity index (χ4v) is 1.90. The Morgan fingerprint density at radius 1 is 1.18 bits per heavy atom. The monoisotopic (exact) mass is 235 g/mol. The van der Waals surface area contributed by atoms with Crippen LogP contribution < -0.4 is 10.1 Å². The molecule has 0 bridgehead atoms. The summed E-state index contributed by atoms with van der Waals surface area (Å²) >= 11 is 0. The third kappa shape index (κ3) is 4.39. The molecular formula is C15H25NO. The van der Waals surface area contributed by atoms with Gasteiger partial charge in [-0.15, -0.1) is 0 Å². The molecular weight excluding hydrogens is 210 g/mol. The van der Waals surface area contributed by atoms with Crippen LogP contribution in [0.4, 0.5) is 0 Å². The molecule has 1 rings (SSSR count). The molecule has 2 heteroatoms. The summed E-state index contributed by atoms with van der Waals surface area (Å²) < 4.78 is 6.06. The molecule has 0 aromatic heterocycles. The van der Waals surface area contributed by atoms with Gasteiger partial charge in [-0.2, -0.15) is 0 Å². The molecule has 0 aliphatic rings. The highest BCUT2D eigenvalue weighted by atomic mass is 16.5. The maximum Gasteiger partial charge on any atom is 0.120 e. The molecule has 2 nitrogen and oxygen atoms in total. The highest BCUT2D eigenvalue weighted by Gasteiger charge is 2.22. The Morgan fingerprint density at radius 2 is 1.82 bits per heavy atom. The largest absolute Gasteiger partial charge is 0.486 e. The van der Waals surface area contributed by atoms with Crippen molar-refractivity contribution in [3.63, 3.8) is 0 Å². The van der Waals surface area contributed by atoms with Crippen LogP contribution in [0, 0.1) is 0 Å². The van der Waals surface area contributed by atoms with Gasteiger partial charge in [0, 0.05) is 6.54 Å². The Balaban J connectivity index is 2.67. The van der Waals surface area contributed by atoms with Gasteiger partial charge in [0.05, 0.1) is 0 Å². The summed E-state index contributed by atoms with van der Waals surface area (Å²) in [5.74, 6) is 0.962. The van der Waals surface area contributed by atoms with Gasteiger partial charge in [0.2, 0.25) is 0 Å². The predicted molar refractivity (Wildman–Crippen MR) is 73.7 cm³/mol. The molecule has 0 spiro atoms. The minimum absolute atomic E-state index is 0.124. The van der Waals surface area contributed by atoms with Crippen molar-refractivity contribution >= 4 is 0 Å². The molecule has 0 saturated carbocycles. The summed E-state index contributed by atoms with van der Waals surface area (Å²) in [6.07, 6.45) is 3.32. The third-order valence-electron chi connectivity index (χ3n) is 3.12. The molecule has 0 heterocycles. The van der Waals surface area contributed by atoms with Crippen molar-refractivity contribution < 1.29 is 4.74 Å². The van der Waals surface area contributed by atoms with Crippen molar-refractivity contribution in [2.24, 2.45) is 0 Å². The van der Waals surface area contributed by atoms with Crippen LogP contribution in [0.15, 0.2) is 24.3 Å². The Morgan fingerprint density at radius 3 is 2.29 bits per heavy atom. The minimum atomic E-state index is -0.124. The van der Waals surface area contributed by atoms with Gasteiger partial charge < -0.3 is 10.1 Å². The van der Waals surface area contributed by atoms with E-state index in [1.54, 1.807) is 0 Å². The highest BCUT2D eigenvalue weighted by molar-refractivity contribution is 5.28. The number of rotatable bonds is 7. The van der Waals surface area contributed by atoms with E-state index in [-0.39, 0.29) is 5.60 Å². The smallest absolute Gasteiger partial charge is 0.120 e. The van der Waals surface area contributed by atoms with Gasteiger partial charge in [-0.25, -0.2) is 0 Å². The molecule has 0 amide bonds. The first kappa shape index (κ1) is 14.0. The van der Waals surface area contributed by atoms with E-state index in [1.165, 1.54) is 12.0 Å². The van der Waals surface area contributed by atoms with E-state index in [0.717, 1.165) is 25.1 Å². The molecule has 1 aromatic rings. The van der Waals surface area contributed by atoms with Crippen LogP contribution in [-0.4, -0.2) is 19.2 Å². The van der Waals surface area contributed by atoms with E-state index in [1.807, 2.05) is 7.05 Å². The minimum Gasteiger partial charge on any atom is -0.486 e. The summed E-state index contributed by atoms with van der Waals surface area (Å²) in [4.78, 5) is 0. The average Bonchev–Trinajstić information content (AvgIpc) is 2.32. The molecule has 0 aliphatic carbocycles. The molecule has 0 aliphatic heterocycles. The van der Waals surface area contributed by atoms with E-state index in [0.29, 0.717) is 0 Å². The van der Waals surface area contributed by atoms with Crippen LogP contribution in [0.2, 0.25) is 0 Å². The normalized spacial score (nSPS) is 14.4.